The Morgan fingerprint density at radius 3 is 2.80 bits per heavy atom. The molecule has 3 aliphatic heterocycles. The molecule has 3 aliphatic rings. The Morgan fingerprint density at radius 2 is 2.10 bits per heavy atom. The van der Waals surface area contributed by atoms with Gasteiger partial charge in [-0.1, -0.05) is 0 Å². The number of likely N-dealkylation sites (N-methyl/N-ethyl adjacent to an activating group) is 1. The van der Waals surface area contributed by atoms with E-state index in [9.17, 15) is 9.90 Å². The number of allylic oxidation sites excluding steroid dienone is 2. The van der Waals surface area contributed by atoms with Crippen molar-refractivity contribution in [3.8, 4) is 0 Å². The standard InChI is InChI=1S/C14H17N3O3/c1-16-5-4-10(14(18)19)13-11(16)2-3-12(15-13)17-6-8-20-9-7-17/h2-5,15H,6-9H2,1H3,(H,18,19). The molecule has 3 rings (SSSR count). The summed E-state index contributed by atoms with van der Waals surface area (Å²) in [5.41, 5.74) is 1.79. The van der Waals surface area contributed by atoms with E-state index in [2.05, 4.69) is 10.2 Å². The number of ether oxygens (including phenoxy) is 1. The SMILES string of the molecule is CN1C=CC(C(=O)O)=C2NC(N3CCOCC3)=CC=C21. The molecule has 106 valence electrons. The summed E-state index contributed by atoms with van der Waals surface area (Å²) in [5.74, 6) is 0.000442. The summed E-state index contributed by atoms with van der Waals surface area (Å²) in [7, 11) is 1.90. The second-order valence-electron chi connectivity index (χ2n) is 4.85. The Balaban J connectivity index is 1.93. The quantitative estimate of drug-likeness (QED) is 0.762. The molecule has 0 aromatic rings. The van der Waals surface area contributed by atoms with Gasteiger partial charge >= 0.3 is 5.97 Å². The molecule has 1 fully saturated rings. The first-order valence-electron chi connectivity index (χ1n) is 6.57. The number of carbonyl (C=O) groups is 1. The van der Waals surface area contributed by atoms with Gasteiger partial charge in [-0.25, -0.2) is 4.79 Å². The molecule has 0 amide bonds. The number of morpholine rings is 1. The van der Waals surface area contributed by atoms with Gasteiger partial charge in [-0.2, -0.15) is 0 Å². The Kier molecular flexibility index (Phi) is 3.23. The highest BCUT2D eigenvalue weighted by molar-refractivity contribution is 5.92. The molecule has 0 aliphatic carbocycles. The third kappa shape index (κ3) is 2.18. The Morgan fingerprint density at radius 1 is 1.35 bits per heavy atom. The van der Waals surface area contributed by atoms with Crippen LogP contribution in [0.1, 0.15) is 0 Å². The van der Waals surface area contributed by atoms with Crippen molar-refractivity contribution >= 4 is 5.97 Å². The van der Waals surface area contributed by atoms with Crippen LogP contribution >= 0.6 is 0 Å². The maximum Gasteiger partial charge on any atom is 0.337 e. The molecule has 6 heteroatoms. The summed E-state index contributed by atoms with van der Waals surface area (Å²) in [6.07, 6.45) is 7.31. The van der Waals surface area contributed by atoms with Gasteiger partial charge < -0.3 is 25.0 Å². The topological polar surface area (TPSA) is 65.0 Å². The van der Waals surface area contributed by atoms with E-state index in [1.165, 1.54) is 0 Å². The van der Waals surface area contributed by atoms with Gasteiger partial charge in [-0.15, -0.1) is 0 Å². The summed E-state index contributed by atoms with van der Waals surface area (Å²) in [4.78, 5) is 15.4. The van der Waals surface area contributed by atoms with Crippen LogP contribution in [-0.4, -0.2) is 54.2 Å². The third-order valence-electron chi connectivity index (χ3n) is 3.60. The minimum Gasteiger partial charge on any atom is -0.478 e. The number of rotatable bonds is 2. The van der Waals surface area contributed by atoms with E-state index in [-0.39, 0.29) is 5.57 Å². The zero-order valence-corrected chi connectivity index (χ0v) is 11.3. The van der Waals surface area contributed by atoms with Gasteiger partial charge in [0.25, 0.3) is 0 Å². The van der Waals surface area contributed by atoms with E-state index in [4.69, 9.17) is 4.74 Å². The average molecular weight is 275 g/mol. The van der Waals surface area contributed by atoms with E-state index in [0.717, 1.165) is 24.6 Å². The molecule has 0 atom stereocenters. The maximum atomic E-state index is 11.4. The second kappa shape index (κ2) is 5.05. The molecule has 0 spiro atoms. The fourth-order valence-corrected chi connectivity index (χ4v) is 2.49. The van der Waals surface area contributed by atoms with Crippen LogP contribution in [0.25, 0.3) is 0 Å². The molecule has 20 heavy (non-hydrogen) atoms. The van der Waals surface area contributed by atoms with Crippen molar-refractivity contribution < 1.29 is 14.6 Å². The number of nitrogens with zero attached hydrogens (tertiary/aromatic N) is 2. The molecule has 0 bridgehead atoms. The van der Waals surface area contributed by atoms with Crippen molar-refractivity contribution in [1.82, 2.24) is 15.1 Å². The van der Waals surface area contributed by atoms with Gasteiger partial charge in [0.15, 0.2) is 0 Å². The number of nitrogens with one attached hydrogen (secondary N) is 1. The van der Waals surface area contributed by atoms with E-state index in [1.54, 1.807) is 12.3 Å². The van der Waals surface area contributed by atoms with E-state index < -0.39 is 5.97 Å². The highest BCUT2D eigenvalue weighted by Gasteiger charge is 2.26. The highest BCUT2D eigenvalue weighted by atomic mass is 16.5. The molecule has 1 saturated heterocycles. The van der Waals surface area contributed by atoms with Crippen molar-refractivity contribution in [1.29, 1.82) is 0 Å². The van der Waals surface area contributed by atoms with Crippen LogP contribution in [0.4, 0.5) is 0 Å². The summed E-state index contributed by atoms with van der Waals surface area (Å²) >= 11 is 0. The lowest BCUT2D eigenvalue weighted by Crippen LogP contribution is -2.42. The van der Waals surface area contributed by atoms with Crippen LogP contribution in [-0.2, 0) is 9.53 Å². The van der Waals surface area contributed by atoms with E-state index in [1.807, 2.05) is 24.1 Å². The zero-order chi connectivity index (χ0) is 14.1. The van der Waals surface area contributed by atoms with Crippen LogP contribution in [0.3, 0.4) is 0 Å². The van der Waals surface area contributed by atoms with Gasteiger partial charge in [0.05, 0.1) is 30.2 Å². The minimum atomic E-state index is -0.925. The summed E-state index contributed by atoms with van der Waals surface area (Å²) in [6.45, 7) is 3.01. The molecular weight excluding hydrogens is 258 g/mol. The molecule has 0 unspecified atom stereocenters. The predicted octanol–water partition coefficient (Wildman–Crippen LogP) is 0.445. The smallest absolute Gasteiger partial charge is 0.337 e. The molecule has 2 N–H and O–H groups in total. The molecule has 0 radical (unpaired) electrons. The van der Waals surface area contributed by atoms with Crippen molar-refractivity contribution in [2.24, 2.45) is 0 Å². The number of fused-ring (bicyclic) bond motifs is 1. The molecule has 0 aromatic carbocycles. The monoisotopic (exact) mass is 275 g/mol. The fourth-order valence-electron chi connectivity index (χ4n) is 2.49. The van der Waals surface area contributed by atoms with Crippen LogP contribution in [0.2, 0.25) is 0 Å². The number of carboxylic acids is 1. The number of dihydropyridines is 1. The lowest BCUT2D eigenvalue weighted by Gasteiger charge is -2.36. The van der Waals surface area contributed by atoms with Crippen molar-refractivity contribution in [2.75, 3.05) is 33.4 Å². The van der Waals surface area contributed by atoms with Crippen molar-refractivity contribution in [3.05, 3.63) is 47.2 Å². The Hall–Kier alpha value is -2.21. The Labute approximate surface area is 117 Å². The van der Waals surface area contributed by atoms with Gasteiger partial charge in [0.2, 0.25) is 0 Å². The van der Waals surface area contributed by atoms with Crippen LogP contribution in [0, 0.1) is 0 Å². The fraction of sp³-hybridized carbons (Fsp3) is 0.357. The molecular formula is C14H17N3O3. The summed E-state index contributed by atoms with van der Waals surface area (Å²) in [5, 5.41) is 12.6. The number of hydrogen-bond acceptors (Lipinski definition) is 5. The number of aliphatic carboxylic acids is 1. The van der Waals surface area contributed by atoms with Crippen LogP contribution in [0.15, 0.2) is 47.2 Å². The second-order valence-corrected chi connectivity index (χ2v) is 4.85. The summed E-state index contributed by atoms with van der Waals surface area (Å²) < 4.78 is 5.34. The van der Waals surface area contributed by atoms with Gasteiger partial charge in [0.1, 0.15) is 5.82 Å². The maximum absolute atomic E-state index is 11.4. The lowest BCUT2D eigenvalue weighted by atomic mass is 10.0. The molecule has 3 heterocycles. The van der Waals surface area contributed by atoms with Gasteiger partial charge in [-0.3, -0.25) is 0 Å². The average Bonchev–Trinajstić information content (AvgIpc) is 2.48. The third-order valence-corrected chi connectivity index (χ3v) is 3.60. The highest BCUT2D eigenvalue weighted by Crippen LogP contribution is 2.27. The normalized spacial score (nSPS) is 22.1. The molecule has 0 saturated carbocycles. The number of carboxylic acid groups (broad SMARTS) is 1. The van der Waals surface area contributed by atoms with Crippen molar-refractivity contribution in [3.63, 3.8) is 0 Å². The first kappa shape index (κ1) is 12.8. The number of hydrogen-bond donors (Lipinski definition) is 2. The molecule has 0 aromatic heterocycles. The van der Waals surface area contributed by atoms with Crippen LogP contribution in [0.5, 0.6) is 0 Å². The lowest BCUT2D eigenvalue weighted by molar-refractivity contribution is -0.132. The minimum absolute atomic E-state index is 0.285. The Bertz CT molecular complexity index is 554. The van der Waals surface area contributed by atoms with E-state index in [0.29, 0.717) is 18.9 Å². The van der Waals surface area contributed by atoms with Crippen LogP contribution < -0.4 is 5.32 Å². The van der Waals surface area contributed by atoms with Crippen molar-refractivity contribution in [2.45, 2.75) is 0 Å². The van der Waals surface area contributed by atoms with E-state index >= 15 is 0 Å². The van der Waals surface area contributed by atoms with Gasteiger partial charge in [-0.05, 0) is 18.2 Å². The molecule has 6 nitrogen and oxygen atoms in total. The zero-order valence-electron chi connectivity index (χ0n) is 11.3. The van der Waals surface area contributed by atoms with Gasteiger partial charge in [0, 0.05) is 26.3 Å². The first-order chi connectivity index (χ1) is 9.66. The largest absolute Gasteiger partial charge is 0.478 e. The summed E-state index contributed by atoms with van der Waals surface area (Å²) in [6, 6.07) is 0. The predicted molar refractivity (Wildman–Crippen MR) is 73.3 cm³/mol. The first-order valence-corrected chi connectivity index (χ1v) is 6.57.